The van der Waals surface area contributed by atoms with Gasteiger partial charge >= 0.3 is 0 Å². The van der Waals surface area contributed by atoms with Gasteiger partial charge < -0.3 is 5.11 Å². The molecule has 4 aliphatic carbocycles. The van der Waals surface area contributed by atoms with E-state index in [-0.39, 0.29) is 5.60 Å². The monoisotopic (exact) mass is 164 g/mol. The summed E-state index contributed by atoms with van der Waals surface area (Å²) in [5.74, 6) is 1.84. The highest BCUT2D eigenvalue weighted by atomic mass is 16.3. The van der Waals surface area contributed by atoms with Crippen molar-refractivity contribution in [3.63, 3.8) is 0 Å². The first-order chi connectivity index (χ1) is 5.58. The molecule has 66 valence electrons. The smallest absolute Gasteiger partial charge is 0.0717 e. The lowest BCUT2D eigenvalue weighted by molar-refractivity contribution is -0.285. The van der Waals surface area contributed by atoms with E-state index in [1.807, 2.05) is 0 Å². The maximum Gasteiger partial charge on any atom is 0.0717 e. The average molecular weight is 164 g/mol. The molecule has 0 aromatic heterocycles. The molecule has 0 heterocycles. The lowest BCUT2D eigenvalue weighted by atomic mass is 9.36. The van der Waals surface area contributed by atoms with Crippen LogP contribution < -0.4 is 0 Å². The number of aliphatic hydroxyl groups is 1. The molecule has 12 heavy (non-hydrogen) atoms. The van der Waals surface area contributed by atoms with Gasteiger partial charge in [-0.1, -0.05) is 6.92 Å². The molecule has 4 fully saturated rings. The Morgan fingerprint density at radius 1 is 1.17 bits per heavy atom. The number of hydrogen-bond donors (Lipinski definition) is 1. The molecule has 0 saturated heterocycles. The first kappa shape index (κ1) is 6.42. The van der Waals surface area contributed by atoms with Crippen LogP contribution in [0, 0.1) is 22.7 Å². The summed E-state index contributed by atoms with van der Waals surface area (Å²) in [4.78, 5) is 0. The highest BCUT2D eigenvalue weighted by molar-refractivity contribution is 5.32. The minimum Gasteiger partial charge on any atom is -0.389 e. The van der Waals surface area contributed by atoms with Gasteiger partial charge in [0.25, 0.3) is 0 Å². The zero-order chi connectivity index (χ0) is 8.19. The fourth-order valence-electron chi connectivity index (χ4n) is 5.60. The van der Waals surface area contributed by atoms with Gasteiger partial charge in [0.1, 0.15) is 0 Å². The normalized spacial score (nSPS) is 76.5. The maximum absolute atomic E-state index is 10.4. The van der Waals surface area contributed by atoms with Crippen LogP contribution in [0.3, 0.4) is 0 Å². The van der Waals surface area contributed by atoms with Gasteiger partial charge in [-0.3, -0.25) is 0 Å². The molecule has 0 aromatic carbocycles. The van der Waals surface area contributed by atoms with E-state index in [0.717, 1.165) is 24.7 Å². The lowest BCUT2D eigenvalue weighted by Crippen LogP contribution is -2.70. The van der Waals surface area contributed by atoms with E-state index in [9.17, 15) is 5.11 Å². The van der Waals surface area contributed by atoms with Crippen molar-refractivity contribution < 1.29 is 5.11 Å². The van der Waals surface area contributed by atoms with Crippen LogP contribution in [0.1, 0.15) is 39.0 Å². The Labute approximate surface area is 73.2 Å². The van der Waals surface area contributed by atoms with Crippen LogP contribution in [0.25, 0.3) is 0 Å². The van der Waals surface area contributed by atoms with Crippen molar-refractivity contribution >= 4 is 0 Å². The predicted octanol–water partition coefficient (Wildman–Crippen LogP) is 1.95. The molecule has 0 amide bonds. The Bertz CT molecular complexity index is 287. The fraction of sp³-hybridized carbons (Fsp3) is 1.00. The van der Waals surface area contributed by atoms with Gasteiger partial charge in [0.2, 0.25) is 0 Å². The third-order valence-electron chi connectivity index (χ3n) is 5.65. The molecule has 0 aromatic rings. The summed E-state index contributed by atoms with van der Waals surface area (Å²) >= 11 is 0. The van der Waals surface area contributed by atoms with Crippen molar-refractivity contribution in [3.8, 4) is 0 Å². The van der Waals surface area contributed by atoms with Crippen LogP contribution in [0.4, 0.5) is 0 Å². The third kappa shape index (κ3) is 0.363. The standard InChI is InChI=1S/C11H16O/c1-9-3-7-2-8-4-10(12,5-9)11(7,8)6-9/h7-8,12H,2-6H2,1H3. The van der Waals surface area contributed by atoms with Gasteiger partial charge in [0.05, 0.1) is 5.60 Å². The minimum atomic E-state index is -0.187. The molecule has 4 aliphatic rings. The Balaban J connectivity index is 1.92. The number of rotatable bonds is 0. The molecule has 1 N–H and O–H groups in total. The zero-order valence-corrected chi connectivity index (χ0v) is 7.64. The number of fused-ring (bicyclic) bond motifs is 1. The van der Waals surface area contributed by atoms with Crippen LogP contribution in [0.2, 0.25) is 0 Å². The Hall–Kier alpha value is -0.0400. The van der Waals surface area contributed by atoms with Crippen LogP contribution >= 0.6 is 0 Å². The minimum absolute atomic E-state index is 0.187. The second-order valence-corrected chi connectivity index (χ2v) is 6.27. The van der Waals surface area contributed by atoms with Crippen molar-refractivity contribution in [1.29, 1.82) is 0 Å². The van der Waals surface area contributed by atoms with E-state index in [1.54, 1.807) is 0 Å². The summed E-state index contributed by atoms with van der Waals surface area (Å²) in [6.07, 6.45) is 6.47. The van der Waals surface area contributed by atoms with Gasteiger partial charge in [-0.2, -0.15) is 0 Å². The van der Waals surface area contributed by atoms with Gasteiger partial charge in [-0.25, -0.2) is 0 Å². The lowest BCUT2D eigenvalue weighted by Gasteiger charge is -2.70. The Morgan fingerprint density at radius 2 is 1.92 bits per heavy atom. The average Bonchev–Trinajstić information content (AvgIpc) is 2.30. The quantitative estimate of drug-likeness (QED) is 0.580. The molecule has 5 atom stereocenters. The van der Waals surface area contributed by atoms with E-state index in [2.05, 4.69) is 6.92 Å². The van der Waals surface area contributed by atoms with E-state index in [4.69, 9.17) is 0 Å². The summed E-state index contributed by atoms with van der Waals surface area (Å²) in [6.45, 7) is 2.40. The molecular weight excluding hydrogens is 148 g/mol. The molecule has 5 unspecified atom stereocenters. The topological polar surface area (TPSA) is 20.2 Å². The Morgan fingerprint density at radius 3 is 2.42 bits per heavy atom. The first-order valence-electron chi connectivity index (χ1n) is 5.31. The molecule has 1 nitrogen and oxygen atoms in total. The largest absolute Gasteiger partial charge is 0.389 e. The fourth-order valence-corrected chi connectivity index (χ4v) is 5.60. The van der Waals surface area contributed by atoms with Crippen LogP contribution in [0.15, 0.2) is 0 Å². The van der Waals surface area contributed by atoms with Crippen LogP contribution in [-0.2, 0) is 0 Å². The SMILES string of the molecule is CC12CC3CC4CC(O)(C1)C34C2. The van der Waals surface area contributed by atoms with Crippen LogP contribution in [-0.4, -0.2) is 10.7 Å². The highest BCUT2D eigenvalue weighted by Gasteiger charge is 2.82. The van der Waals surface area contributed by atoms with Crippen molar-refractivity contribution in [2.24, 2.45) is 22.7 Å². The van der Waals surface area contributed by atoms with Gasteiger partial charge in [-0.15, -0.1) is 0 Å². The molecule has 0 aliphatic heterocycles. The number of hydrogen-bond acceptors (Lipinski definition) is 1. The second-order valence-electron chi connectivity index (χ2n) is 6.27. The predicted molar refractivity (Wildman–Crippen MR) is 45.6 cm³/mol. The van der Waals surface area contributed by atoms with Crippen molar-refractivity contribution in [2.75, 3.05) is 0 Å². The molecule has 2 bridgehead atoms. The summed E-state index contributed by atoms with van der Waals surface area (Å²) < 4.78 is 0. The summed E-state index contributed by atoms with van der Waals surface area (Å²) in [7, 11) is 0. The van der Waals surface area contributed by atoms with E-state index < -0.39 is 0 Å². The zero-order valence-electron chi connectivity index (χ0n) is 7.64. The van der Waals surface area contributed by atoms with Gasteiger partial charge in [0, 0.05) is 5.41 Å². The third-order valence-corrected chi connectivity index (χ3v) is 5.65. The Kier molecular flexibility index (Phi) is 0.693. The maximum atomic E-state index is 10.4. The summed E-state index contributed by atoms with van der Waals surface area (Å²) in [6, 6.07) is 0. The van der Waals surface area contributed by atoms with E-state index >= 15 is 0 Å². The van der Waals surface area contributed by atoms with E-state index in [0.29, 0.717) is 10.8 Å². The molecule has 1 heteroatoms. The second kappa shape index (κ2) is 1.30. The molecule has 4 rings (SSSR count). The molecule has 0 radical (unpaired) electrons. The van der Waals surface area contributed by atoms with Gasteiger partial charge in [-0.05, 0) is 49.4 Å². The van der Waals surface area contributed by atoms with Crippen molar-refractivity contribution in [2.45, 2.75) is 44.6 Å². The summed E-state index contributed by atoms with van der Waals surface area (Å²) in [5.41, 5.74) is 0.806. The van der Waals surface area contributed by atoms with Crippen molar-refractivity contribution in [1.82, 2.24) is 0 Å². The molecule has 4 saturated carbocycles. The first-order valence-corrected chi connectivity index (χ1v) is 5.31. The van der Waals surface area contributed by atoms with Crippen LogP contribution in [0.5, 0.6) is 0 Å². The summed E-state index contributed by atoms with van der Waals surface area (Å²) in [5, 5.41) is 10.4. The van der Waals surface area contributed by atoms with E-state index in [1.165, 1.54) is 19.3 Å². The molecule has 1 spiro atoms. The molecular formula is C11H16O. The highest BCUT2D eigenvalue weighted by Crippen LogP contribution is 2.85. The van der Waals surface area contributed by atoms with Gasteiger partial charge in [0.15, 0.2) is 0 Å². The van der Waals surface area contributed by atoms with Crippen molar-refractivity contribution in [3.05, 3.63) is 0 Å².